The second kappa shape index (κ2) is 4.94. The Bertz CT molecular complexity index is 449. The normalized spacial score (nSPS) is 19.5. The topological polar surface area (TPSA) is 72.4 Å². The Balaban J connectivity index is 2.15. The van der Waals surface area contributed by atoms with Crippen molar-refractivity contribution in [2.24, 2.45) is 5.92 Å². The van der Waals surface area contributed by atoms with Crippen LogP contribution in [0.3, 0.4) is 0 Å². The van der Waals surface area contributed by atoms with E-state index in [2.05, 4.69) is 14.7 Å². The average Bonchev–Trinajstić information content (AvgIpc) is 2.71. The average molecular weight is 347 g/mol. The van der Waals surface area contributed by atoms with E-state index in [0.717, 1.165) is 3.70 Å². The molecule has 2 heterocycles. The number of aromatic nitrogens is 2. The highest BCUT2D eigenvalue weighted by molar-refractivity contribution is 14.1. The third kappa shape index (κ3) is 2.54. The minimum atomic E-state index is -0.409. The van der Waals surface area contributed by atoms with Crippen LogP contribution in [0.15, 0.2) is 12.4 Å². The summed E-state index contributed by atoms with van der Waals surface area (Å²) in [5.74, 6) is -0.425. The maximum atomic E-state index is 11.7. The van der Waals surface area contributed by atoms with Gasteiger partial charge in [0.2, 0.25) is 5.91 Å². The molecule has 7 heteroatoms. The van der Waals surface area contributed by atoms with Crippen LogP contribution in [0, 0.1) is 9.62 Å². The molecule has 6 nitrogen and oxygen atoms in total. The second-order valence-electron chi connectivity index (χ2n) is 3.63. The predicted octanol–water partition coefficient (Wildman–Crippen LogP) is 0.607. The molecule has 1 aliphatic rings. The van der Waals surface area contributed by atoms with E-state index in [1.54, 1.807) is 6.20 Å². The first-order valence-corrected chi connectivity index (χ1v) is 6.05. The lowest BCUT2D eigenvalue weighted by Crippen LogP contribution is -2.27. The van der Waals surface area contributed by atoms with Gasteiger partial charge in [0, 0.05) is 13.0 Å². The molecule has 1 aromatic heterocycles. The van der Waals surface area contributed by atoms with Crippen LogP contribution in [0.4, 0.5) is 5.82 Å². The van der Waals surface area contributed by atoms with Gasteiger partial charge >= 0.3 is 5.97 Å². The Morgan fingerprint density at radius 2 is 2.29 bits per heavy atom. The van der Waals surface area contributed by atoms with E-state index >= 15 is 0 Å². The fourth-order valence-corrected chi connectivity index (χ4v) is 1.98. The number of anilines is 1. The standard InChI is InChI=1S/C10H10IN3O3/c1-17-10(16)6-2-9(15)14(5-6)8-4-12-7(11)3-13-8/h3-4,6H,2,5H2,1H3. The van der Waals surface area contributed by atoms with E-state index in [0.29, 0.717) is 12.4 Å². The van der Waals surface area contributed by atoms with Crippen molar-refractivity contribution in [3.63, 3.8) is 0 Å². The van der Waals surface area contributed by atoms with Gasteiger partial charge in [0.25, 0.3) is 0 Å². The largest absolute Gasteiger partial charge is 0.469 e. The summed E-state index contributed by atoms with van der Waals surface area (Å²) < 4.78 is 5.38. The molecule has 0 saturated carbocycles. The maximum Gasteiger partial charge on any atom is 0.311 e. The summed E-state index contributed by atoms with van der Waals surface area (Å²) in [6, 6.07) is 0. The molecule has 0 aliphatic carbocycles. The van der Waals surface area contributed by atoms with Crippen LogP contribution in [0.1, 0.15) is 6.42 Å². The van der Waals surface area contributed by atoms with Crippen molar-refractivity contribution >= 4 is 40.3 Å². The fourth-order valence-electron chi connectivity index (χ4n) is 1.70. The molecule has 2 rings (SSSR count). The molecule has 0 N–H and O–H groups in total. The molecule has 0 radical (unpaired) electrons. The van der Waals surface area contributed by atoms with Crippen molar-refractivity contribution in [1.29, 1.82) is 0 Å². The van der Waals surface area contributed by atoms with Crippen LogP contribution in [0.2, 0.25) is 0 Å². The molecule has 1 aromatic rings. The maximum absolute atomic E-state index is 11.7. The first-order valence-electron chi connectivity index (χ1n) is 4.97. The van der Waals surface area contributed by atoms with Gasteiger partial charge in [-0.1, -0.05) is 0 Å². The molecular formula is C10H10IN3O3. The van der Waals surface area contributed by atoms with Gasteiger partial charge < -0.3 is 4.74 Å². The summed E-state index contributed by atoms with van der Waals surface area (Å²) in [6.07, 6.45) is 3.27. The summed E-state index contributed by atoms with van der Waals surface area (Å²) in [5.41, 5.74) is 0. The van der Waals surface area contributed by atoms with Crippen molar-refractivity contribution in [3.05, 3.63) is 16.1 Å². The monoisotopic (exact) mass is 347 g/mol. The number of halogens is 1. The van der Waals surface area contributed by atoms with E-state index < -0.39 is 5.92 Å². The number of rotatable bonds is 2. The highest BCUT2D eigenvalue weighted by Gasteiger charge is 2.36. The quantitative estimate of drug-likeness (QED) is 0.579. The molecule has 1 fully saturated rings. The van der Waals surface area contributed by atoms with Crippen LogP contribution < -0.4 is 4.90 Å². The molecule has 90 valence electrons. The molecule has 17 heavy (non-hydrogen) atoms. The number of ether oxygens (including phenoxy) is 1. The molecular weight excluding hydrogens is 337 g/mol. The van der Waals surface area contributed by atoms with Gasteiger partial charge in [-0.2, -0.15) is 0 Å². The van der Waals surface area contributed by atoms with E-state index in [-0.39, 0.29) is 18.3 Å². The van der Waals surface area contributed by atoms with Crippen LogP contribution in [-0.2, 0) is 14.3 Å². The molecule has 0 spiro atoms. The van der Waals surface area contributed by atoms with E-state index in [4.69, 9.17) is 0 Å². The third-order valence-corrected chi connectivity index (χ3v) is 3.10. The Labute approximate surface area is 112 Å². The summed E-state index contributed by atoms with van der Waals surface area (Å²) >= 11 is 2.03. The highest BCUT2D eigenvalue weighted by Crippen LogP contribution is 2.23. The van der Waals surface area contributed by atoms with Gasteiger partial charge in [0.1, 0.15) is 3.70 Å². The van der Waals surface area contributed by atoms with Gasteiger partial charge in [-0.15, -0.1) is 0 Å². The van der Waals surface area contributed by atoms with Crippen LogP contribution >= 0.6 is 22.6 Å². The molecule has 1 atom stereocenters. The number of carbonyl (C=O) groups is 2. The number of hydrogen-bond donors (Lipinski definition) is 0. The summed E-state index contributed by atoms with van der Waals surface area (Å²) in [7, 11) is 1.32. The van der Waals surface area contributed by atoms with Gasteiger partial charge in [-0.05, 0) is 22.6 Å². The molecule has 0 aromatic carbocycles. The number of amides is 1. The third-order valence-electron chi connectivity index (χ3n) is 2.54. The van der Waals surface area contributed by atoms with Crippen LogP contribution in [0.5, 0.6) is 0 Å². The Morgan fingerprint density at radius 1 is 1.53 bits per heavy atom. The summed E-state index contributed by atoms with van der Waals surface area (Å²) in [4.78, 5) is 32.7. The van der Waals surface area contributed by atoms with E-state index in [9.17, 15) is 9.59 Å². The number of carbonyl (C=O) groups excluding carboxylic acids is 2. The second-order valence-corrected chi connectivity index (χ2v) is 4.73. The number of hydrogen-bond acceptors (Lipinski definition) is 5. The molecule has 1 saturated heterocycles. The summed E-state index contributed by atoms with van der Waals surface area (Å²) in [5, 5.41) is 0. The van der Waals surface area contributed by atoms with Crippen molar-refractivity contribution in [2.45, 2.75) is 6.42 Å². The number of esters is 1. The highest BCUT2D eigenvalue weighted by atomic mass is 127. The lowest BCUT2D eigenvalue weighted by molar-refractivity contribution is -0.145. The Morgan fingerprint density at radius 3 is 2.88 bits per heavy atom. The summed E-state index contributed by atoms with van der Waals surface area (Å²) in [6.45, 7) is 0.306. The number of methoxy groups -OCH3 is 1. The Kier molecular flexibility index (Phi) is 3.55. The first-order chi connectivity index (χ1) is 8.11. The lowest BCUT2D eigenvalue weighted by Gasteiger charge is -2.14. The first kappa shape index (κ1) is 12.2. The zero-order chi connectivity index (χ0) is 12.4. The minimum absolute atomic E-state index is 0.129. The molecule has 1 amide bonds. The number of nitrogens with zero attached hydrogens (tertiary/aromatic N) is 3. The predicted molar refractivity (Wildman–Crippen MR) is 67.2 cm³/mol. The zero-order valence-electron chi connectivity index (χ0n) is 9.09. The van der Waals surface area contributed by atoms with Crippen LogP contribution in [-0.4, -0.2) is 35.5 Å². The Hall–Kier alpha value is -1.25. The fraction of sp³-hybridized carbons (Fsp3) is 0.400. The van der Waals surface area contributed by atoms with Gasteiger partial charge in [-0.3, -0.25) is 14.5 Å². The van der Waals surface area contributed by atoms with Crippen LogP contribution in [0.25, 0.3) is 0 Å². The van der Waals surface area contributed by atoms with E-state index in [1.807, 2.05) is 22.6 Å². The lowest BCUT2D eigenvalue weighted by atomic mass is 10.1. The minimum Gasteiger partial charge on any atom is -0.469 e. The SMILES string of the molecule is COC(=O)C1CC(=O)N(c2cnc(I)cn2)C1. The molecule has 0 bridgehead atoms. The van der Waals surface area contributed by atoms with Crippen molar-refractivity contribution < 1.29 is 14.3 Å². The molecule has 1 unspecified atom stereocenters. The van der Waals surface area contributed by atoms with Gasteiger partial charge in [0.15, 0.2) is 5.82 Å². The zero-order valence-corrected chi connectivity index (χ0v) is 11.2. The van der Waals surface area contributed by atoms with Crippen molar-refractivity contribution in [2.75, 3.05) is 18.6 Å². The van der Waals surface area contributed by atoms with E-state index in [1.165, 1.54) is 18.2 Å². The smallest absolute Gasteiger partial charge is 0.311 e. The van der Waals surface area contributed by atoms with Crippen molar-refractivity contribution in [1.82, 2.24) is 9.97 Å². The molecule has 1 aliphatic heterocycles. The van der Waals surface area contributed by atoms with Gasteiger partial charge in [0.05, 0.1) is 25.4 Å². The van der Waals surface area contributed by atoms with Crippen molar-refractivity contribution in [3.8, 4) is 0 Å². The van der Waals surface area contributed by atoms with Gasteiger partial charge in [-0.25, -0.2) is 9.97 Å².